The van der Waals surface area contributed by atoms with E-state index in [1.165, 1.54) is 21.6 Å². The predicted octanol–water partition coefficient (Wildman–Crippen LogP) is -3.71. The number of carbonyl (C=O) groups is 13. The van der Waals surface area contributed by atoms with Gasteiger partial charge in [0.2, 0.25) is 76.8 Å². The van der Waals surface area contributed by atoms with Crippen molar-refractivity contribution in [2.75, 3.05) is 44.7 Å². The van der Waals surface area contributed by atoms with Gasteiger partial charge in [0.05, 0.1) is 12.6 Å². The second kappa shape index (κ2) is 41.0. The molecular formula is C63H98N18O13S. The molecule has 10 atom stereocenters. The molecule has 2 fully saturated rings. The normalized spacial score (nSPS) is 16.8. The van der Waals surface area contributed by atoms with Crippen molar-refractivity contribution in [3.8, 4) is 0 Å². The number of guanidine groups is 1. The van der Waals surface area contributed by atoms with E-state index in [1.807, 2.05) is 20.1 Å². The molecule has 0 radical (unpaired) electrons. The molecule has 32 heteroatoms. The zero-order chi connectivity index (χ0) is 70.1. The number of hydrogen-bond donors (Lipinski definition) is 15. The average molecular weight is 1350 g/mol. The lowest BCUT2D eigenvalue weighted by atomic mass is 10.0. The van der Waals surface area contributed by atoms with Crippen LogP contribution in [0, 0.1) is 5.92 Å². The summed E-state index contributed by atoms with van der Waals surface area (Å²) >= 11 is 1.45. The molecule has 31 nitrogen and oxygen atoms in total. The lowest BCUT2D eigenvalue weighted by Gasteiger charge is -2.32. The Hall–Kier alpha value is -8.91. The first-order chi connectivity index (χ1) is 45.2. The highest BCUT2D eigenvalue weighted by Crippen LogP contribution is 2.24. The number of carbonyl (C=O) groups excluding carboxylic acids is 13. The molecule has 4 rings (SSSR count). The molecule has 0 spiro atoms. The van der Waals surface area contributed by atoms with Gasteiger partial charge in [-0.1, -0.05) is 74.5 Å². The van der Waals surface area contributed by atoms with E-state index in [2.05, 4.69) is 47.5 Å². The number of thioether (sulfide) groups is 1. The molecule has 2 aliphatic rings. The Balaban J connectivity index is 1.56. The summed E-state index contributed by atoms with van der Waals surface area (Å²) in [5.41, 5.74) is 40.6. The second-order valence-electron chi connectivity index (χ2n) is 24.1. The highest BCUT2D eigenvalue weighted by atomic mass is 32.2. The van der Waals surface area contributed by atoms with Gasteiger partial charge in [-0.15, -0.1) is 0 Å². The summed E-state index contributed by atoms with van der Waals surface area (Å²) in [6.45, 7) is 3.86. The number of amides is 13. The van der Waals surface area contributed by atoms with Gasteiger partial charge in [-0.25, -0.2) is 0 Å². The van der Waals surface area contributed by atoms with E-state index in [0.29, 0.717) is 55.4 Å². The fraction of sp³-hybridized carbons (Fsp3) is 0.587. The summed E-state index contributed by atoms with van der Waals surface area (Å²) in [4.78, 5) is 185. The van der Waals surface area contributed by atoms with Gasteiger partial charge in [0.1, 0.15) is 54.4 Å². The van der Waals surface area contributed by atoms with Gasteiger partial charge in [-0.05, 0) is 119 Å². The van der Waals surface area contributed by atoms with Gasteiger partial charge in [0.25, 0.3) is 0 Å². The molecule has 0 aliphatic carbocycles. The number of hydrogen-bond acceptors (Lipinski definition) is 17. The van der Waals surface area contributed by atoms with Gasteiger partial charge in [0.15, 0.2) is 5.96 Å². The molecular weight excluding hydrogens is 1250 g/mol. The minimum atomic E-state index is -1.64. The Bertz CT molecular complexity index is 2960. The fourth-order valence-electron chi connectivity index (χ4n) is 11.0. The van der Waals surface area contributed by atoms with Gasteiger partial charge in [-0.2, -0.15) is 11.8 Å². The van der Waals surface area contributed by atoms with Crippen LogP contribution in [0.5, 0.6) is 0 Å². The van der Waals surface area contributed by atoms with E-state index in [-0.39, 0.29) is 83.0 Å². The standard InChI is InChI=1S/C63H98N18O13S/c1-37(2)33-45(57(89)74-41(53(68)85)27-32-95-3)73-52(84)36-72-54(86)46(34-38-15-6-4-7-16-38)78-58(90)47(35-39-17-8-5-9-18-39)79-56(88)42(23-25-50(66)82)75-55(87)43(24-26-51(67)83)76-59(91)49-22-14-31-81(49)62(94)44(20-10-11-28-64)77-60(92)48-21-13-30-80(48)61(93)40(65)19-12-29-71-63(69)70/h4-9,15-18,37,40-49H,10-14,19-36,64-65H2,1-3H3,(H2,66,82)(H2,67,83)(H2,68,85)(H,72,86)(H,73,84)(H,74,89)(H,75,87)(H,76,91)(H,77,92)(H,78,90)(H,79,88)(H4,69,70,71)/t40-,41-,42+,43+,44+,45-,46-,47+,48-,49+/m0/s1. The van der Waals surface area contributed by atoms with Crippen molar-refractivity contribution in [2.24, 2.45) is 51.0 Å². The summed E-state index contributed by atoms with van der Waals surface area (Å²) in [7, 11) is 0. The number of benzene rings is 2. The summed E-state index contributed by atoms with van der Waals surface area (Å²) in [5, 5.41) is 21.1. The Labute approximate surface area is 558 Å². The molecule has 95 heavy (non-hydrogen) atoms. The zero-order valence-corrected chi connectivity index (χ0v) is 55.3. The number of primary amides is 3. The maximum Gasteiger partial charge on any atom is 0.245 e. The van der Waals surface area contributed by atoms with Crippen LogP contribution in [-0.4, -0.2) is 198 Å². The van der Waals surface area contributed by atoms with Crippen molar-refractivity contribution in [1.29, 1.82) is 0 Å². The van der Waals surface area contributed by atoms with Crippen LogP contribution in [0.2, 0.25) is 0 Å². The van der Waals surface area contributed by atoms with Crippen molar-refractivity contribution in [3.63, 3.8) is 0 Å². The summed E-state index contributed by atoms with van der Waals surface area (Å²) in [6, 6.07) is 4.51. The van der Waals surface area contributed by atoms with Crippen molar-refractivity contribution in [2.45, 2.75) is 183 Å². The molecule has 0 saturated carbocycles. The Kier molecular flexibility index (Phi) is 33.9. The molecule has 524 valence electrons. The Morgan fingerprint density at radius 2 is 1.01 bits per heavy atom. The SMILES string of the molecule is CSCC[C@H](NC(=O)[C@H](CC(C)C)NC(=O)CNC(=O)[C@H](Cc1ccccc1)NC(=O)[C@@H](Cc1ccccc1)NC(=O)[C@@H](CCC(N)=O)NC(=O)[C@@H](CCC(N)=O)NC(=O)[C@H]1CCCN1C(=O)[C@@H](CCCCN)NC(=O)[C@@H]1CCCN1C(=O)[C@@H](N)CCCN=C(N)N)C(N)=O. The van der Waals surface area contributed by atoms with Crippen LogP contribution in [0.15, 0.2) is 65.7 Å². The third-order valence-corrected chi connectivity index (χ3v) is 16.7. The van der Waals surface area contributed by atoms with Crippen LogP contribution in [0.25, 0.3) is 0 Å². The van der Waals surface area contributed by atoms with E-state index in [1.54, 1.807) is 60.7 Å². The van der Waals surface area contributed by atoms with Crippen molar-refractivity contribution in [3.05, 3.63) is 71.8 Å². The van der Waals surface area contributed by atoms with Gasteiger partial charge in [-0.3, -0.25) is 67.3 Å². The minimum Gasteiger partial charge on any atom is -0.370 e. The first-order valence-electron chi connectivity index (χ1n) is 32.2. The Morgan fingerprint density at radius 3 is 1.51 bits per heavy atom. The smallest absolute Gasteiger partial charge is 0.245 e. The Morgan fingerprint density at radius 1 is 0.537 bits per heavy atom. The van der Waals surface area contributed by atoms with Crippen molar-refractivity contribution in [1.82, 2.24) is 52.3 Å². The highest BCUT2D eigenvalue weighted by molar-refractivity contribution is 7.98. The van der Waals surface area contributed by atoms with E-state index in [0.717, 1.165) is 0 Å². The third-order valence-electron chi connectivity index (χ3n) is 16.0. The van der Waals surface area contributed by atoms with Crippen molar-refractivity contribution >= 4 is 94.5 Å². The molecule has 13 amide bonds. The highest BCUT2D eigenvalue weighted by Gasteiger charge is 2.42. The molecule has 0 unspecified atom stereocenters. The van der Waals surface area contributed by atoms with Crippen molar-refractivity contribution < 1.29 is 62.3 Å². The van der Waals surface area contributed by atoms with E-state index >= 15 is 0 Å². The van der Waals surface area contributed by atoms with Gasteiger partial charge in [0, 0.05) is 45.3 Å². The van der Waals surface area contributed by atoms with Crippen LogP contribution >= 0.6 is 11.8 Å². The first kappa shape index (κ1) is 78.5. The molecule has 2 heterocycles. The van der Waals surface area contributed by atoms with E-state index < -0.39 is 169 Å². The minimum absolute atomic E-state index is 0.0736. The van der Waals surface area contributed by atoms with Crippen LogP contribution in [0.3, 0.4) is 0 Å². The number of unbranched alkanes of at least 4 members (excludes halogenated alkanes) is 1. The predicted molar refractivity (Wildman–Crippen MR) is 356 cm³/mol. The van der Waals surface area contributed by atoms with Crippen LogP contribution < -0.4 is 82.7 Å². The second-order valence-corrected chi connectivity index (χ2v) is 25.1. The van der Waals surface area contributed by atoms with E-state index in [4.69, 9.17) is 40.1 Å². The number of likely N-dealkylation sites (tertiary alicyclic amines) is 2. The molecule has 2 aromatic carbocycles. The lowest BCUT2D eigenvalue weighted by molar-refractivity contribution is -0.144. The van der Waals surface area contributed by atoms with Gasteiger partial charge >= 0.3 is 0 Å². The number of nitrogens with two attached hydrogens (primary N) is 7. The number of nitrogens with one attached hydrogen (secondary N) is 8. The quantitative estimate of drug-likeness (QED) is 0.0173. The van der Waals surface area contributed by atoms with Crippen LogP contribution in [0.4, 0.5) is 0 Å². The summed E-state index contributed by atoms with van der Waals surface area (Å²) < 4.78 is 0. The topological polar surface area (TPSA) is 519 Å². The first-order valence-corrected chi connectivity index (χ1v) is 33.6. The lowest BCUT2D eigenvalue weighted by Crippen LogP contribution is -2.60. The van der Waals surface area contributed by atoms with Crippen LogP contribution in [-0.2, 0) is 75.2 Å². The monoisotopic (exact) mass is 1350 g/mol. The van der Waals surface area contributed by atoms with E-state index in [9.17, 15) is 62.3 Å². The molecule has 22 N–H and O–H groups in total. The van der Waals surface area contributed by atoms with Gasteiger partial charge < -0.3 is 92.5 Å². The number of aliphatic imine (C=N–C) groups is 1. The largest absolute Gasteiger partial charge is 0.370 e. The molecule has 2 aliphatic heterocycles. The fourth-order valence-corrected chi connectivity index (χ4v) is 11.5. The third kappa shape index (κ3) is 27.5. The number of nitrogens with zero attached hydrogens (tertiary/aromatic N) is 3. The summed E-state index contributed by atoms with van der Waals surface area (Å²) in [5.74, 6) is -9.80. The van der Waals surface area contributed by atoms with Crippen LogP contribution in [0.1, 0.15) is 121 Å². The molecule has 0 aromatic heterocycles. The molecule has 0 bridgehead atoms. The number of rotatable bonds is 42. The molecule has 2 aromatic rings. The molecule has 2 saturated heterocycles. The average Bonchev–Trinajstić information content (AvgIpc) is 1.74. The maximum absolute atomic E-state index is 14.7. The maximum atomic E-state index is 14.7. The summed E-state index contributed by atoms with van der Waals surface area (Å²) in [6.07, 6.45) is 3.12. The zero-order valence-electron chi connectivity index (χ0n) is 54.5.